The van der Waals surface area contributed by atoms with Gasteiger partial charge in [0.15, 0.2) is 0 Å². The molecule has 1 aromatic heterocycles. The van der Waals surface area contributed by atoms with E-state index in [0.717, 1.165) is 13.1 Å². The largest absolute Gasteiger partial charge is 0.335 e. The van der Waals surface area contributed by atoms with Crippen molar-refractivity contribution in [2.45, 2.75) is 6.04 Å². The van der Waals surface area contributed by atoms with Gasteiger partial charge in [-0.25, -0.2) is 0 Å². The van der Waals surface area contributed by atoms with Gasteiger partial charge in [0.2, 0.25) is 0 Å². The summed E-state index contributed by atoms with van der Waals surface area (Å²) in [5.41, 5.74) is 0. The van der Waals surface area contributed by atoms with Crippen molar-refractivity contribution in [2.75, 3.05) is 20.1 Å². The van der Waals surface area contributed by atoms with Gasteiger partial charge in [0.1, 0.15) is 4.88 Å². The monoisotopic (exact) mass is 266 g/mol. The Bertz CT molecular complexity index is 352. The molecule has 0 radical (unpaired) electrons. The first-order chi connectivity index (χ1) is 6.70. The number of hydrogen-bond acceptors (Lipinski definition) is 3. The van der Waals surface area contributed by atoms with Crippen molar-refractivity contribution in [1.82, 2.24) is 10.2 Å². The van der Waals surface area contributed by atoms with Crippen LogP contribution in [-0.2, 0) is 0 Å². The number of likely N-dealkylation sites (N-methyl/N-ethyl adjacent to an activating group) is 1. The van der Waals surface area contributed by atoms with Crippen LogP contribution in [0, 0.1) is 0 Å². The highest BCUT2D eigenvalue weighted by atomic mass is 35.5. The molecular weight excluding hydrogens is 255 g/mol. The molecule has 1 N–H and O–H groups in total. The van der Waals surface area contributed by atoms with Gasteiger partial charge in [0, 0.05) is 20.1 Å². The molecule has 0 aliphatic carbocycles. The molecule has 6 heteroatoms. The third kappa shape index (κ3) is 2.45. The summed E-state index contributed by atoms with van der Waals surface area (Å²) in [6.07, 6.45) is 0. The molecule has 1 aromatic rings. The van der Waals surface area contributed by atoms with Crippen molar-refractivity contribution >= 4 is 41.3 Å². The van der Waals surface area contributed by atoms with Gasteiger partial charge in [0.05, 0.1) is 11.1 Å². The van der Waals surface area contributed by atoms with Crippen LogP contribution in [0.2, 0.25) is 5.02 Å². The second-order valence-corrected chi connectivity index (χ2v) is 4.65. The Morgan fingerprint density at radius 1 is 1.67 bits per heavy atom. The fourth-order valence-corrected chi connectivity index (χ4v) is 2.44. The van der Waals surface area contributed by atoms with Crippen LogP contribution in [0.3, 0.4) is 0 Å². The first-order valence-corrected chi connectivity index (χ1v) is 5.67. The summed E-state index contributed by atoms with van der Waals surface area (Å²) in [7, 11) is 1.82. The van der Waals surface area contributed by atoms with E-state index in [-0.39, 0.29) is 18.3 Å². The van der Waals surface area contributed by atoms with Crippen LogP contribution in [-0.4, -0.2) is 37.0 Å². The zero-order valence-corrected chi connectivity index (χ0v) is 10.6. The molecule has 15 heavy (non-hydrogen) atoms. The minimum Gasteiger partial charge on any atom is -0.335 e. The number of nitrogens with one attached hydrogen (secondary N) is 1. The lowest BCUT2D eigenvalue weighted by Crippen LogP contribution is -2.57. The summed E-state index contributed by atoms with van der Waals surface area (Å²) in [4.78, 5) is 14.3. The van der Waals surface area contributed by atoms with E-state index in [1.807, 2.05) is 12.4 Å². The fourth-order valence-electron chi connectivity index (χ4n) is 1.32. The smallest absolute Gasteiger partial charge is 0.265 e. The van der Waals surface area contributed by atoms with Gasteiger partial charge in [0.25, 0.3) is 5.91 Å². The molecule has 1 saturated heterocycles. The Balaban J connectivity index is 0.00000112. The van der Waals surface area contributed by atoms with Crippen LogP contribution >= 0.6 is 35.3 Å². The molecule has 2 heterocycles. The zero-order chi connectivity index (χ0) is 10.1. The van der Waals surface area contributed by atoms with E-state index in [9.17, 15) is 4.79 Å². The van der Waals surface area contributed by atoms with Gasteiger partial charge in [-0.05, 0) is 11.4 Å². The number of thiophene rings is 1. The fraction of sp³-hybridized carbons (Fsp3) is 0.444. The molecule has 0 spiro atoms. The second kappa shape index (κ2) is 5.16. The minimum atomic E-state index is 0. The molecule has 0 atom stereocenters. The minimum absolute atomic E-state index is 0. The molecule has 0 bridgehead atoms. The highest BCUT2D eigenvalue weighted by Gasteiger charge is 2.27. The Morgan fingerprint density at radius 2 is 2.33 bits per heavy atom. The highest BCUT2D eigenvalue weighted by Crippen LogP contribution is 2.24. The van der Waals surface area contributed by atoms with Crippen LogP contribution < -0.4 is 5.32 Å². The number of amides is 1. The second-order valence-electron chi connectivity index (χ2n) is 3.33. The van der Waals surface area contributed by atoms with Crippen molar-refractivity contribution in [3.63, 3.8) is 0 Å². The molecule has 84 valence electrons. The number of carbonyl (C=O) groups is 1. The van der Waals surface area contributed by atoms with Gasteiger partial charge >= 0.3 is 0 Å². The lowest BCUT2D eigenvalue weighted by Gasteiger charge is -2.35. The molecular formula is C9H12Cl2N2OS. The van der Waals surface area contributed by atoms with Gasteiger partial charge in [-0.1, -0.05) is 11.6 Å². The van der Waals surface area contributed by atoms with Crippen LogP contribution in [0.15, 0.2) is 11.4 Å². The summed E-state index contributed by atoms with van der Waals surface area (Å²) in [5.74, 6) is 0.0245. The standard InChI is InChI=1S/C9H11ClN2OS.ClH/c1-12(6-4-11-5-6)9(13)8-7(10)2-3-14-8;/h2-3,6,11H,4-5H2,1H3;1H. The van der Waals surface area contributed by atoms with E-state index in [1.165, 1.54) is 11.3 Å². The van der Waals surface area contributed by atoms with Crippen LogP contribution in [0.5, 0.6) is 0 Å². The van der Waals surface area contributed by atoms with E-state index in [2.05, 4.69) is 5.32 Å². The average molecular weight is 267 g/mol. The number of hydrogen-bond donors (Lipinski definition) is 1. The molecule has 1 aliphatic heterocycles. The summed E-state index contributed by atoms with van der Waals surface area (Å²) < 4.78 is 0. The summed E-state index contributed by atoms with van der Waals surface area (Å²) >= 11 is 7.29. The summed E-state index contributed by atoms with van der Waals surface area (Å²) in [5, 5.41) is 5.52. The Labute approximate surface area is 104 Å². The predicted molar refractivity (Wildman–Crippen MR) is 65.3 cm³/mol. The number of rotatable bonds is 2. The predicted octanol–water partition coefficient (Wildman–Crippen LogP) is 1.87. The van der Waals surface area contributed by atoms with E-state index in [1.54, 1.807) is 11.0 Å². The molecule has 1 fully saturated rings. The topological polar surface area (TPSA) is 32.3 Å². The maximum absolute atomic E-state index is 11.9. The molecule has 0 aromatic carbocycles. The number of nitrogens with zero attached hydrogens (tertiary/aromatic N) is 1. The SMILES string of the molecule is CN(C(=O)c1sccc1Cl)C1CNC1.Cl. The number of carbonyl (C=O) groups excluding carboxylic acids is 1. The molecule has 0 unspecified atom stereocenters. The van der Waals surface area contributed by atoms with E-state index in [4.69, 9.17) is 11.6 Å². The molecule has 1 aliphatic rings. The number of halogens is 2. The van der Waals surface area contributed by atoms with Gasteiger partial charge in [-0.15, -0.1) is 23.7 Å². The lowest BCUT2D eigenvalue weighted by molar-refractivity contribution is 0.0686. The van der Waals surface area contributed by atoms with Crippen molar-refractivity contribution in [3.8, 4) is 0 Å². The first kappa shape index (κ1) is 12.8. The van der Waals surface area contributed by atoms with Crippen LogP contribution in [0.4, 0.5) is 0 Å². The maximum Gasteiger partial charge on any atom is 0.265 e. The van der Waals surface area contributed by atoms with E-state index >= 15 is 0 Å². The average Bonchev–Trinajstić information content (AvgIpc) is 2.47. The quantitative estimate of drug-likeness (QED) is 0.887. The Hall–Kier alpha value is -0.290. The lowest BCUT2D eigenvalue weighted by atomic mass is 10.1. The van der Waals surface area contributed by atoms with Gasteiger partial charge < -0.3 is 10.2 Å². The van der Waals surface area contributed by atoms with Crippen molar-refractivity contribution in [1.29, 1.82) is 0 Å². The van der Waals surface area contributed by atoms with Crippen molar-refractivity contribution in [3.05, 3.63) is 21.3 Å². The molecule has 1 amide bonds. The van der Waals surface area contributed by atoms with Gasteiger partial charge in [-0.2, -0.15) is 0 Å². The van der Waals surface area contributed by atoms with Crippen molar-refractivity contribution < 1.29 is 4.79 Å². The normalized spacial score (nSPS) is 15.3. The van der Waals surface area contributed by atoms with Crippen LogP contribution in [0.25, 0.3) is 0 Å². The zero-order valence-electron chi connectivity index (χ0n) is 8.20. The molecule has 3 nitrogen and oxygen atoms in total. The van der Waals surface area contributed by atoms with Crippen LogP contribution in [0.1, 0.15) is 9.67 Å². The summed E-state index contributed by atoms with van der Waals surface area (Å²) in [6, 6.07) is 2.08. The highest BCUT2D eigenvalue weighted by molar-refractivity contribution is 7.12. The maximum atomic E-state index is 11.9. The van der Waals surface area contributed by atoms with E-state index < -0.39 is 0 Å². The third-order valence-corrected chi connectivity index (χ3v) is 3.77. The first-order valence-electron chi connectivity index (χ1n) is 4.41. The van der Waals surface area contributed by atoms with Crippen molar-refractivity contribution in [2.24, 2.45) is 0 Å². The van der Waals surface area contributed by atoms with Gasteiger partial charge in [-0.3, -0.25) is 4.79 Å². The molecule has 0 saturated carbocycles. The van der Waals surface area contributed by atoms with E-state index in [0.29, 0.717) is 15.9 Å². The summed E-state index contributed by atoms with van der Waals surface area (Å²) in [6.45, 7) is 1.76. The third-order valence-electron chi connectivity index (χ3n) is 2.44. The Kier molecular flexibility index (Phi) is 4.40. The molecule has 2 rings (SSSR count). The Morgan fingerprint density at radius 3 is 2.73 bits per heavy atom.